The Morgan fingerprint density at radius 2 is 1.61 bits per heavy atom. The first-order valence-corrected chi connectivity index (χ1v) is 16.3. The van der Waals surface area contributed by atoms with Crippen molar-refractivity contribution >= 4 is 11.8 Å². The summed E-state index contributed by atoms with van der Waals surface area (Å²) in [6.45, 7) is 6.48. The monoisotopic (exact) mass is 599 g/mol. The molecule has 5 heterocycles. The quantitative estimate of drug-likeness (QED) is 0.339. The molecule has 2 amide bonds. The van der Waals surface area contributed by atoms with Gasteiger partial charge in [0.05, 0.1) is 12.6 Å². The summed E-state index contributed by atoms with van der Waals surface area (Å²) in [6, 6.07) is 16.9. The Bertz CT molecular complexity index is 1330. The number of aromatic nitrogens is 1. The van der Waals surface area contributed by atoms with Crippen molar-refractivity contribution in [1.29, 1.82) is 0 Å². The van der Waals surface area contributed by atoms with E-state index in [1.807, 2.05) is 24.3 Å². The number of nitrogens with zero attached hydrogens (tertiary/aromatic N) is 4. The van der Waals surface area contributed by atoms with Crippen molar-refractivity contribution in [3.8, 4) is 0 Å². The molecule has 234 valence electrons. The molecule has 3 aliphatic rings. The standard InChI is InChI=1S/C35H45N5O4/c41-34(37-24-30-10-7-23-43-30)33(28-13-17-36-18-14-28)40(29-15-21-39(22-16-29)25-27-8-3-1-4-9-27)35(42)32-12-11-31(44-32)26-38-19-5-2-6-20-38/h1,3-4,8-9,11-14,17-18,29-30,33H,2,5-7,10,15-16,19-26H2,(H,37,41). The topological polar surface area (TPSA) is 91.1 Å². The van der Waals surface area contributed by atoms with Crippen LogP contribution in [0.25, 0.3) is 0 Å². The van der Waals surface area contributed by atoms with Crippen LogP contribution in [-0.4, -0.2) is 83.0 Å². The van der Waals surface area contributed by atoms with Crippen LogP contribution in [0.4, 0.5) is 0 Å². The number of amides is 2. The Hall–Kier alpha value is -3.53. The molecule has 0 saturated carbocycles. The summed E-state index contributed by atoms with van der Waals surface area (Å²) in [6.07, 6.45) is 10.5. The molecule has 3 aliphatic heterocycles. The molecule has 0 radical (unpaired) electrons. The van der Waals surface area contributed by atoms with Crippen LogP contribution in [0.5, 0.6) is 0 Å². The van der Waals surface area contributed by atoms with E-state index in [0.29, 0.717) is 13.1 Å². The molecule has 3 saturated heterocycles. The number of rotatable bonds is 11. The van der Waals surface area contributed by atoms with Gasteiger partial charge in [-0.25, -0.2) is 0 Å². The van der Waals surface area contributed by atoms with E-state index in [2.05, 4.69) is 44.4 Å². The highest BCUT2D eigenvalue weighted by molar-refractivity contribution is 5.96. The van der Waals surface area contributed by atoms with Crippen molar-refractivity contribution in [3.05, 3.63) is 89.6 Å². The molecule has 0 spiro atoms. The third kappa shape index (κ3) is 7.75. The molecule has 1 aromatic carbocycles. The van der Waals surface area contributed by atoms with Crippen LogP contribution >= 0.6 is 0 Å². The van der Waals surface area contributed by atoms with Gasteiger partial charge >= 0.3 is 0 Å². The van der Waals surface area contributed by atoms with Crippen molar-refractivity contribution < 1.29 is 18.7 Å². The van der Waals surface area contributed by atoms with E-state index in [1.54, 1.807) is 23.4 Å². The van der Waals surface area contributed by atoms with E-state index in [4.69, 9.17) is 9.15 Å². The fraction of sp³-hybridized carbons (Fsp3) is 0.514. The van der Waals surface area contributed by atoms with E-state index in [-0.39, 0.29) is 29.7 Å². The minimum Gasteiger partial charge on any atom is -0.455 e. The van der Waals surface area contributed by atoms with Gasteiger partial charge in [-0.15, -0.1) is 0 Å². The lowest BCUT2D eigenvalue weighted by Gasteiger charge is -2.41. The maximum absolute atomic E-state index is 14.5. The van der Waals surface area contributed by atoms with Crippen LogP contribution in [-0.2, 0) is 22.6 Å². The Morgan fingerprint density at radius 1 is 0.864 bits per heavy atom. The van der Waals surface area contributed by atoms with Crippen molar-refractivity contribution in [2.24, 2.45) is 0 Å². The highest BCUT2D eigenvalue weighted by Gasteiger charge is 2.39. The Labute approximate surface area is 260 Å². The molecule has 9 heteroatoms. The fourth-order valence-electron chi connectivity index (χ4n) is 6.83. The molecule has 3 aromatic rings. The molecule has 0 aliphatic carbocycles. The second-order valence-electron chi connectivity index (χ2n) is 12.4. The molecule has 2 unspecified atom stereocenters. The molecule has 6 rings (SSSR count). The zero-order chi connectivity index (χ0) is 30.1. The van der Waals surface area contributed by atoms with Gasteiger partial charge in [0.2, 0.25) is 5.91 Å². The largest absolute Gasteiger partial charge is 0.455 e. The number of ether oxygens (including phenoxy) is 1. The summed E-state index contributed by atoms with van der Waals surface area (Å²) >= 11 is 0. The van der Waals surface area contributed by atoms with Crippen LogP contribution in [0.1, 0.15) is 78.4 Å². The number of carbonyl (C=O) groups excluding carboxylic acids is 2. The van der Waals surface area contributed by atoms with E-state index in [9.17, 15) is 9.59 Å². The number of hydrogen-bond donors (Lipinski definition) is 1. The normalized spacial score (nSPS) is 20.8. The van der Waals surface area contributed by atoms with E-state index >= 15 is 0 Å². The fourth-order valence-corrected chi connectivity index (χ4v) is 6.83. The average Bonchev–Trinajstić information content (AvgIpc) is 3.77. The number of pyridine rings is 1. The minimum atomic E-state index is -0.812. The van der Waals surface area contributed by atoms with Crippen LogP contribution in [0.2, 0.25) is 0 Å². The minimum absolute atomic E-state index is 0.00448. The summed E-state index contributed by atoms with van der Waals surface area (Å²) in [5.74, 6) is 0.628. The first-order valence-electron chi connectivity index (χ1n) is 16.3. The molecular weight excluding hydrogens is 554 g/mol. The van der Waals surface area contributed by atoms with Crippen LogP contribution in [0, 0.1) is 0 Å². The Kier molecular flexibility index (Phi) is 10.4. The Morgan fingerprint density at radius 3 is 2.34 bits per heavy atom. The maximum atomic E-state index is 14.5. The van der Waals surface area contributed by atoms with Crippen molar-refractivity contribution in [2.45, 2.75) is 76.2 Å². The molecule has 3 fully saturated rings. The molecule has 9 nitrogen and oxygen atoms in total. The third-order valence-corrected chi connectivity index (χ3v) is 9.21. The lowest BCUT2D eigenvalue weighted by Crippen LogP contribution is -2.52. The van der Waals surface area contributed by atoms with Crippen molar-refractivity contribution in [3.63, 3.8) is 0 Å². The lowest BCUT2D eigenvalue weighted by atomic mass is 9.96. The van der Waals surface area contributed by atoms with Crippen molar-refractivity contribution in [2.75, 3.05) is 39.3 Å². The van der Waals surface area contributed by atoms with E-state index in [1.165, 1.54) is 24.8 Å². The van der Waals surface area contributed by atoms with Gasteiger partial charge in [0.25, 0.3) is 5.91 Å². The highest BCUT2D eigenvalue weighted by atomic mass is 16.5. The van der Waals surface area contributed by atoms with Gasteiger partial charge < -0.3 is 19.4 Å². The molecule has 2 aromatic heterocycles. The second kappa shape index (κ2) is 15.0. The van der Waals surface area contributed by atoms with E-state index in [0.717, 1.165) is 76.3 Å². The number of hydrogen-bond acceptors (Lipinski definition) is 7. The lowest BCUT2D eigenvalue weighted by molar-refractivity contribution is -0.127. The second-order valence-corrected chi connectivity index (χ2v) is 12.4. The third-order valence-electron chi connectivity index (χ3n) is 9.21. The van der Waals surface area contributed by atoms with Crippen LogP contribution in [0.3, 0.4) is 0 Å². The smallest absolute Gasteiger partial charge is 0.290 e. The van der Waals surface area contributed by atoms with Gasteiger partial charge in [-0.3, -0.25) is 24.4 Å². The summed E-state index contributed by atoms with van der Waals surface area (Å²) in [7, 11) is 0. The molecule has 0 bridgehead atoms. The summed E-state index contributed by atoms with van der Waals surface area (Å²) in [4.78, 5) is 39.4. The molecule has 2 atom stereocenters. The average molecular weight is 600 g/mol. The maximum Gasteiger partial charge on any atom is 0.290 e. The SMILES string of the molecule is O=C(NCC1CCCO1)C(c1ccncc1)N(C(=O)c1ccc(CN2CCCCC2)o1)C1CCN(Cc2ccccc2)CC1. The zero-order valence-electron chi connectivity index (χ0n) is 25.6. The predicted octanol–water partition coefficient (Wildman–Crippen LogP) is 4.80. The van der Waals surface area contributed by atoms with E-state index < -0.39 is 6.04 Å². The summed E-state index contributed by atoms with van der Waals surface area (Å²) in [5.41, 5.74) is 2.02. The molecular formula is C35H45N5O4. The number of likely N-dealkylation sites (tertiary alicyclic amines) is 2. The van der Waals surface area contributed by atoms with Crippen LogP contribution in [0.15, 0.2) is 71.4 Å². The van der Waals surface area contributed by atoms with Gasteiger partial charge in [0.15, 0.2) is 5.76 Å². The number of piperidine rings is 2. The van der Waals surface area contributed by atoms with Gasteiger partial charge in [0, 0.05) is 51.2 Å². The zero-order valence-corrected chi connectivity index (χ0v) is 25.6. The van der Waals surface area contributed by atoms with Gasteiger partial charge in [-0.1, -0.05) is 36.8 Å². The first kappa shape index (κ1) is 30.5. The first-order chi connectivity index (χ1) is 21.6. The number of carbonyl (C=O) groups is 2. The van der Waals surface area contributed by atoms with Gasteiger partial charge in [0.1, 0.15) is 11.8 Å². The van der Waals surface area contributed by atoms with Gasteiger partial charge in [-0.2, -0.15) is 0 Å². The summed E-state index contributed by atoms with van der Waals surface area (Å²) < 4.78 is 12.0. The highest BCUT2D eigenvalue weighted by Crippen LogP contribution is 2.31. The summed E-state index contributed by atoms with van der Waals surface area (Å²) in [5, 5.41) is 3.12. The predicted molar refractivity (Wildman–Crippen MR) is 168 cm³/mol. The molecule has 44 heavy (non-hydrogen) atoms. The number of benzene rings is 1. The number of furan rings is 1. The van der Waals surface area contributed by atoms with Gasteiger partial charge in [-0.05, 0) is 87.0 Å². The Balaban J connectivity index is 1.25. The van der Waals surface area contributed by atoms with Crippen LogP contribution < -0.4 is 5.32 Å². The number of nitrogens with one attached hydrogen (secondary N) is 1. The van der Waals surface area contributed by atoms with Crippen molar-refractivity contribution in [1.82, 2.24) is 25.0 Å². The molecule has 1 N–H and O–H groups in total.